The minimum atomic E-state index is -0.0218. The van der Waals surface area contributed by atoms with E-state index in [1.807, 2.05) is 22.7 Å². The Morgan fingerprint density at radius 1 is 0.439 bits per heavy atom. The number of fused-ring (bicyclic) bond motifs is 7. The number of hydrogen-bond acceptors (Lipinski definition) is 4. The monoisotopic (exact) mass is 894 g/mol. The summed E-state index contributed by atoms with van der Waals surface area (Å²) in [5.41, 5.74) is 22.0. The molecule has 0 amide bonds. The molecule has 0 saturated heterocycles. The molecule has 0 spiro atoms. The van der Waals surface area contributed by atoms with Gasteiger partial charge in [-0.05, 0) is 146 Å². The molecule has 4 heterocycles. The maximum atomic E-state index is 2.68. The zero-order valence-corrected chi connectivity index (χ0v) is 42.2. The largest absolute Gasteiger partial charge is 0.311 e. The predicted molar refractivity (Wildman–Crippen MR) is 292 cm³/mol. The van der Waals surface area contributed by atoms with Crippen LogP contribution in [0.15, 0.2) is 140 Å². The molecular formula is C61H59BN2S2. The van der Waals surface area contributed by atoms with Crippen molar-refractivity contribution in [3.8, 4) is 21.6 Å². The van der Waals surface area contributed by atoms with Crippen molar-refractivity contribution in [2.24, 2.45) is 0 Å². The molecule has 2 aliphatic heterocycles. The summed E-state index contributed by atoms with van der Waals surface area (Å²) >= 11 is 3.89. The predicted octanol–water partition coefficient (Wildman–Crippen LogP) is 16.4. The molecule has 0 fully saturated rings. The summed E-state index contributed by atoms with van der Waals surface area (Å²) in [6, 6.07) is 53.9. The van der Waals surface area contributed by atoms with E-state index >= 15 is 0 Å². The summed E-state index contributed by atoms with van der Waals surface area (Å²) in [6.45, 7) is 28.0. The van der Waals surface area contributed by atoms with Gasteiger partial charge >= 0.3 is 0 Å². The lowest BCUT2D eigenvalue weighted by Crippen LogP contribution is -2.60. The standard InChI is InChI=1S/C61H59BN2S2/c1-36-29-43(60(7,8)9)30-37(2)55(36)64-50-23-18-22-49-54(50)62(58-57(64)46-34-42(59(4,5)6)26-28-52(46)66-58)47-32-41(53-33-40-21-16-17-24-51(40)65-53)25-27-48(47)63(49)56-38(3)31-44(61(10,11)12)35-45(56)39-19-14-13-15-20-39/h13-35H,1-12H3. The van der Waals surface area contributed by atoms with Gasteiger partial charge in [-0.15, -0.1) is 22.7 Å². The second kappa shape index (κ2) is 15.1. The molecule has 2 nitrogen and oxygen atoms in total. The molecule has 11 rings (SSSR count). The third kappa shape index (κ3) is 6.79. The van der Waals surface area contributed by atoms with Crippen LogP contribution in [0.1, 0.15) is 95.7 Å². The molecular weight excluding hydrogens is 836 g/mol. The van der Waals surface area contributed by atoms with E-state index < -0.39 is 0 Å². The highest BCUT2D eigenvalue weighted by Crippen LogP contribution is 2.52. The lowest BCUT2D eigenvalue weighted by Gasteiger charge is -2.44. The second-order valence-electron chi connectivity index (χ2n) is 22.0. The number of aryl methyl sites for hydroxylation is 3. The fourth-order valence-electron chi connectivity index (χ4n) is 10.7. The van der Waals surface area contributed by atoms with Crippen molar-refractivity contribution in [1.82, 2.24) is 0 Å². The molecule has 0 saturated carbocycles. The number of nitrogens with zero attached hydrogens (tertiary/aromatic N) is 2. The van der Waals surface area contributed by atoms with Crippen LogP contribution in [0.2, 0.25) is 0 Å². The highest BCUT2D eigenvalue weighted by molar-refractivity contribution is 7.33. The first-order valence-electron chi connectivity index (χ1n) is 23.6. The van der Waals surface area contributed by atoms with E-state index in [0.29, 0.717) is 0 Å². The first kappa shape index (κ1) is 42.7. The van der Waals surface area contributed by atoms with Gasteiger partial charge in [-0.1, -0.05) is 153 Å². The smallest absolute Gasteiger partial charge is 0.264 e. The lowest BCUT2D eigenvalue weighted by molar-refractivity contribution is 0.589. The highest BCUT2D eigenvalue weighted by Gasteiger charge is 2.46. The van der Waals surface area contributed by atoms with Crippen LogP contribution in [0.25, 0.3) is 41.7 Å². The van der Waals surface area contributed by atoms with Crippen molar-refractivity contribution >= 4 is 99.4 Å². The van der Waals surface area contributed by atoms with Gasteiger partial charge in [0.15, 0.2) is 0 Å². The Labute approximate surface area is 400 Å². The van der Waals surface area contributed by atoms with Gasteiger partial charge in [-0.25, -0.2) is 0 Å². The van der Waals surface area contributed by atoms with Crippen LogP contribution >= 0.6 is 22.7 Å². The van der Waals surface area contributed by atoms with E-state index in [-0.39, 0.29) is 23.0 Å². The number of anilines is 6. The number of rotatable bonds is 4. The maximum absolute atomic E-state index is 2.68. The quantitative estimate of drug-likeness (QED) is 0.162. The molecule has 328 valence electrons. The summed E-state index contributed by atoms with van der Waals surface area (Å²) in [4.78, 5) is 6.62. The van der Waals surface area contributed by atoms with Crippen molar-refractivity contribution in [2.75, 3.05) is 9.80 Å². The Hall–Kier alpha value is -5.88. The lowest BCUT2D eigenvalue weighted by atomic mass is 9.36. The molecule has 66 heavy (non-hydrogen) atoms. The molecule has 0 atom stereocenters. The van der Waals surface area contributed by atoms with E-state index in [4.69, 9.17) is 0 Å². The van der Waals surface area contributed by atoms with E-state index in [0.717, 1.165) is 0 Å². The van der Waals surface area contributed by atoms with E-state index in [9.17, 15) is 0 Å². The SMILES string of the molecule is Cc1cc(C(C)(C)C)cc(C)c1N1c2cccc3c2B(c2cc(-c4cc5ccccc5s4)ccc2N3c2c(C)cc(C(C)(C)C)cc2-c2ccccc2)c2sc3ccc(C(C)(C)C)cc3c21. The first-order valence-corrected chi connectivity index (χ1v) is 25.3. The van der Waals surface area contributed by atoms with E-state index in [1.165, 1.54) is 125 Å². The molecule has 0 bridgehead atoms. The Kier molecular flexibility index (Phi) is 9.76. The topological polar surface area (TPSA) is 6.48 Å². The van der Waals surface area contributed by atoms with Crippen molar-refractivity contribution in [3.05, 3.63) is 173 Å². The van der Waals surface area contributed by atoms with Crippen molar-refractivity contribution in [1.29, 1.82) is 0 Å². The summed E-state index contributed by atoms with van der Waals surface area (Å²) in [7, 11) is 0. The van der Waals surface area contributed by atoms with Gasteiger partial charge < -0.3 is 9.80 Å². The third-order valence-electron chi connectivity index (χ3n) is 14.2. The Morgan fingerprint density at radius 2 is 1.06 bits per heavy atom. The summed E-state index contributed by atoms with van der Waals surface area (Å²) in [5.74, 6) is 0. The minimum Gasteiger partial charge on any atom is -0.311 e. The van der Waals surface area contributed by atoms with Crippen LogP contribution in [0.5, 0.6) is 0 Å². The van der Waals surface area contributed by atoms with E-state index in [1.54, 1.807) is 0 Å². The molecule has 0 radical (unpaired) electrons. The summed E-state index contributed by atoms with van der Waals surface area (Å²) in [5, 5.41) is 2.63. The van der Waals surface area contributed by atoms with Crippen LogP contribution in [-0.4, -0.2) is 6.71 Å². The van der Waals surface area contributed by atoms with Gasteiger partial charge in [0.1, 0.15) is 0 Å². The Bertz CT molecular complexity index is 3370. The fraction of sp³-hybridized carbons (Fsp3) is 0.246. The Morgan fingerprint density at radius 3 is 1.73 bits per heavy atom. The molecule has 9 aromatic rings. The first-order chi connectivity index (χ1) is 31.4. The summed E-state index contributed by atoms with van der Waals surface area (Å²) in [6.07, 6.45) is 0. The molecule has 2 aromatic heterocycles. The molecule has 0 N–H and O–H groups in total. The van der Waals surface area contributed by atoms with E-state index in [2.05, 4.69) is 232 Å². The average molecular weight is 895 g/mol. The van der Waals surface area contributed by atoms with Crippen molar-refractivity contribution in [3.63, 3.8) is 0 Å². The van der Waals surface area contributed by atoms with Gasteiger partial charge in [0.25, 0.3) is 6.71 Å². The van der Waals surface area contributed by atoms with Crippen molar-refractivity contribution < 1.29 is 0 Å². The average Bonchev–Trinajstić information content (AvgIpc) is 3.88. The molecule has 2 aliphatic rings. The van der Waals surface area contributed by atoms with Crippen molar-refractivity contribution in [2.45, 2.75) is 99.3 Å². The molecule has 7 aromatic carbocycles. The van der Waals surface area contributed by atoms with Crippen LogP contribution in [0.4, 0.5) is 34.1 Å². The van der Waals surface area contributed by atoms with Gasteiger partial charge in [0, 0.05) is 47.1 Å². The minimum absolute atomic E-state index is 0.00171. The highest BCUT2D eigenvalue weighted by atomic mass is 32.1. The van der Waals surface area contributed by atoms with Gasteiger partial charge in [-0.2, -0.15) is 0 Å². The van der Waals surface area contributed by atoms with Gasteiger partial charge in [-0.3, -0.25) is 0 Å². The van der Waals surface area contributed by atoms with Crippen LogP contribution in [0, 0.1) is 20.8 Å². The van der Waals surface area contributed by atoms with Crippen LogP contribution < -0.4 is 25.5 Å². The number of hydrogen-bond donors (Lipinski definition) is 0. The Balaban J connectivity index is 1.27. The maximum Gasteiger partial charge on any atom is 0.264 e. The molecule has 0 aliphatic carbocycles. The summed E-state index contributed by atoms with van der Waals surface area (Å²) < 4.78 is 4.06. The van der Waals surface area contributed by atoms with Gasteiger partial charge in [0.05, 0.1) is 17.1 Å². The fourth-order valence-corrected chi connectivity index (χ4v) is 13.1. The molecule has 0 unspecified atom stereocenters. The third-order valence-corrected chi connectivity index (χ3v) is 16.6. The second-order valence-corrected chi connectivity index (χ2v) is 24.2. The zero-order chi connectivity index (χ0) is 46.2. The molecule has 5 heteroatoms. The van der Waals surface area contributed by atoms with Gasteiger partial charge in [0.2, 0.25) is 0 Å². The van der Waals surface area contributed by atoms with Crippen LogP contribution in [0.3, 0.4) is 0 Å². The normalized spacial score (nSPS) is 13.7. The number of thiophene rings is 2. The number of benzene rings is 7. The van der Waals surface area contributed by atoms with Crippen LogP contribution in [-0.2, 0) is 16.2 Å². The zero-order valence-electron chi connectivity index (χ0n) is 40.6.